The first kappa shape index (κ1) is 16.2. The van der Waals surface area contributed by atoms with Crippen LogP contribution >= 0.6 is 0 Å². The zero-order valence-corrected chi connectivity index (χ0v) is 13.7. The number of hydrogen-bond donors (Lipinski definition) is 0. The molecule has 3 rings (SSSR count). The minimum atomic E-state index is -0.0323. The van der Waals surface area contributed by atoms with Crippen LogP contribution in [-0.4, -0.2) is 0 Å². The predicted octanol–water partition coefficient (Wildman–Crippen LogP) is 5.74. The Kier molecular flexibility index (Phi) is 5.99. The van der Waals surface area contributed by atoms with E-state index in [-0.39, 0.29) is 6.10 Å². The van der Waals surface area contributed by atoms with Crippen LogP contribution in [0.25, 0.3) is 0 Å². The highest BCUT2D eigenvalue weighted by molar-refractivity contribution is 5.23. The molecule has 0 aliphatic carbocycles. The van der Waals surface area contributed by atoms with Gasteiger partial charge in [0.2, 0.25) is 0 Å². The number of rotatable bonds is 7. The molecule has 1 atom stereocenters. The van der Waals surface area contributed by atoms with E-state index in [1.807, 2.05) is 30.3 Å². The smallest absolute Gasteiger partial charge is 0.101 e. The summed E-state index contributed by atoms with van der Waals surface area (Å²) in [6.07, 6.45) is 5.23. The molecule has 0 amide bonds. The zero-order valence-electron chi connectivity index (χ0n) is 13.7. The zero-order chi connectivity index (χ0) is 16.5. The molecule has 0 heterocycles. The van der Waals surface area contributed by atoms with E-state index < -0.39 is 0 Å². The van der Waals surface area contributed by atoms with Gasteiger partial charge >= 0.3 is 0 Å². The van der Waals surface area contributed by atoms with Gasteiger partial charge in [0.25, 0.3) is 0 Å². The van der Waals surface area contributed by atoms with Gasteiger partial charge in [-0.1, -0.05) is 103 Å². The molecule has 0 saturated heterocycles. The normalized spacial score (nSPS) is 12.3. The summed E-state index contributed by atoms with van der Waals surface area (Å²) in [5, 5.41) is 0. The van der Waals surface area contributed by atoms with Gasteiger partial charge in [-0.2, -0.15) is 0 Å². The van der Waals surface area contributed by atoms with Gasteiger partial charge in [-0.25, -0.2) is 0 Å². The van der Waals surface area contributed by atoms with Crippen molar-refractivity contribution in [3.05, 3.63) is 120 Å². The van der Waals surface area contributed by atoms with E-state index in [4.69, 9.17) is 4.74 Å². The van der Waals surface area contributed by atoms with Gasteiger partial charge < -0.3 is 4.74 Å². The molecule has 1 unspecified atom stereocenters. The lowest BCUT2D eigenvalue weighted by Crippen LogP contribution is -2.02. The van der Waals surface area contributed by atoms with Crippen LogP contribution < -0.4 is 0 Å². The van der Waals surface area contributed by atoms with Crippen molar-refractivity contribution in [2.24, 2.45) is 0 Å². The van der Waals surface area contributed by atoms with Gasteiger partial charge in [0, 0.05) is 0 Å². The summed E-state index contributed by atoms with van der Waals surface area (Å²) in [5.74, 6) is 0. The molecular formula is C23H22O. The molecule has 120 valence electrons. The third kappa shape index (κ3) is 4.94. The third-order valence-corrected chi connectivity index (χ3v) is 3.91. The fourth-order valence-electron chi connectivity index (χ4n) is 2.61. The van der Waals surface area contributed by atoms with Gasteiger partial charge in [-0.3, -0.25) is 0 Å². The summed E-state index contributed by atoms with van der Waals surface area (Å²) >= 11 is 0. The number of allylic oxidation sites excluding steroid dienone is 1. The molecule has 3 aromatic rings. The van der Waals surface area contributed by atoms with E-state index >= 15 is 0 Å². The summed E-state index contributed by atoms with van der Waals surface area (Å²) in [4.78, 5) is 0. The van der Waals surface area contributed by atoms with Gasteiger partial charge in [0.15, 0.2) is 0 Å². The molecule has 0 spiro atoms. The molecule has 0 saturated carbocycles. The van der Waals surface area contributed by atoms with E-state index in [9.17, 15) is 0 Å². The van der Waals surface area contributed by atoms with E-state index in [2.05, 4.69) is 72.8 Å². The van der Waals surface area contributed by atoms with Crippen LogP contribution in [0.2, 0.25) is 0 Å². The summed E-state index contributed by atoms with van der Waals surface area (Å²) in [5.41, 5.74) is 3.68. The lowest BCUT2D eigenvalue weighted by atomic mass is 10.1. The molecular weight excluding hydrogens is 292 g/mol. The average molecular weight is 314 g/mol. The van der Waals surface area contributed by atoms with E-state index in [1.165, 1.54) is 16.7 Å². The minimum absolute atomic E-state index is 0.0323. The highest BCUT2D eigenvalue weighted by atomic mass is 16.5. The molecule has 0 aliphatic rings. The first-order valence-corrected chi connectivity index (χ1v) is 8.33. The molecule has 0 fully saturated rings. The Morgan fingerprint density at radius 2 is 1.21 bits per heavy atom. The van der Waals surface area contributed by atoms with Crippen molar-refractivity contribution in [3.63, 3.8) is 0 Å². The number of benzene rings is 3. The summed E-state index contributed by atoms with van der Waals surface area (Å²) in [6.45, 7) is 0.607. The lowest BCUT2D eigenvalue weighted by Gasteiger charge is -2.15. The first-order chi connectivity index (χ1) is 11.9. The maximum Gasteiger partial charge on any atom is 0.101 e. The molecule has 0 aliphatic heterocycles. The van der Waals surface area contributed by atoms with Gasteiger partial charge in [0.05, 0.1) is 6.61 Å². The van der Waals surface area contributed by atoms with Crippen molar-refractivity contribution in [1.29, 1.82) is 0 Å². The molecule has 0 aromatic heterocycles. The summed E-state index contributed by atoms with van der Waals surface area (Å²) < 4.78 is 6.17. The molecule has 1 heteroatoms. The van der Waals surface area contributed by atoms with Crippen LogP contribution in [0.1, 0.15) is 22.8 Å². The molecule has 3 aromatic carbocycles. The highest BCUT2D eigenvalue weighted by Crippen LogP contribution is 2.21. The van der Waals surface area contributed by atoms with Crippen molar-refractivity contribution in [2.45, 2.75) is 19.1 Å². The van der Waals surface area contributed by atoms with Gasteiger partial charge in [-0.05, 0) is 23.1 Å². The predicted molar refractivity (Wildman–Crippen MR) is 99.7 cm³/mol. The number of hydrogen-bond acceptors (Lipinski definition) is 1. The van der Waals surface area contributed by atoms with Crippen molar-refractivity contribution >= 4 is 0 Å². The second-order valence-electron chi connectivity index (χ2n) is 5.75. The fourth-order valence-corrected chi connectivity index (χ4v) is 2.61. The fraction of sp³-hybridized carbons (Fsp3) is 0.130. The monoisotopic (exact) mass is 314 g/mol. The topological polar surface area (TPSA) is 9.23 Å². The Hall–Kier alpha value is -2.64. The molecule has 24 heavy (non-hydrogen) atoms. The van der Waals surface area contributed by atoms with E-state index in [1.54, 1.807) is 0 Å². The van der Waals surface area contributed by atoms with E-state index in [0.29, 0.717) is 6.61 Å². The third-order valence-electron chi connectivity index (χ3n) is 3.91. The lowest BCUT2D eigenvalue weighted by molar-refractivity contribution is 0.0717. The Morgan fingerprint density at radius 3 is 1.83 bits per heavy atom. The summed E-state index contributed by atoms with van der Waals surface area (Å²) in [7, 11) is 0. The van der Waals surface area contributed by atoms with Crippen LogP contribution in [-0.2, 0) is 17.8 Å². The number of ether oxygens (including phenoxy) is 1. The molecule has 0 radical (unpaired) electrons. The Balaban J connectivity index is 1.68. The van der Waals surface area contributed by atoms with Crippen molar-refractivity contribution in [3.8, 4) is 0 Å². The van der Waals surface area contributed by atoms with Gasteiger partial charge in [0.1, 0.15) is 6.10 Å². The largest absolute Gasteiger partial charge is 0.365 e. The van der Waals surface area contributed by atoms with Crippen LogP contribution in [0.3, 0.4) is 0 Å². The molecule has 0 bridgehead atoms. The maximum atomic E-state index is 6.17. The maximum absolute atomic E-state index is 6.17. The average Bonchev–Trinajstić information content (AvgIpc) is 2.67. The Bertz CT molecular complexity index is 733. The second kappa shape index (κ2) is 8.85. The quantitative estimate of drug-likeness (QED) is 0.505. The van der Waals surface area contributed by atoms with Crippen molar-refractivity contribution in [1.82, 2.24) is 0 Å². The SMILES string of the molecule is C(=CC(OCc1ccccc1)c1ccccc1)Cc1ccccc1. The van der Waals surface area contributed by atoms with E-state index in [0.717, 1.165) is 6.42 Å². The Morgan fingerprint density at radius 1 is 0.667 bits per heavy atom. The molecule has 0 N–H and O–H groups in total. The summed E-state index contributed by atoms with van der Waals surface area (Å²) in [6, 6.07) is 31.1. The standard InChI is InChI=1S/C23H22O/c1-4-11-20(12-5-1)15-10-18-23(22-16-8-3-9-17-22)24-19-21-13-6-2-7-14-21/h1-14,16-18,23H,15,19H2. The van der Waals surface area contributed by atoms with Crippen LogP contribution in [0.4, 0.5) is 0 Å². The highest BCUT2D eigenvalue weighted by Gasteiger charge is 2.08. The molecule has 1 nitrogen and oxygen atoms in total. The van der Waals surface area contributed by atoms with Gasteiger partial charge in [-0.15, -0.1) is 0 Å². The van der Waals surface area contributed by atoms with Crippen molar-refractivity contribution < 1.29 is 4.74 Å². The van der Waals surface area contributed by atoms with Crippen molar-refractivity contribution in [2.75, 3.05) is 0 Å². The Labute approximate surface area is 144 Å². The minimum Gasteiger partial charge on any atom is -0.365 e. The van der Waals surface area contributed by atoms with Crippen LogP contribution in [0.5, 0.6) is 0 Å². The van der Waals surface area contributed by atoms with Crippen LogP contribution in [0, 0.1) is 0 Å². The second-order valence-corrected chi connectivity index (χ2v) is 5.75. The first-order valence-electron chi connectivity index (χ1n) is 8.33. The van der Waals surface area contributed by atoms with Crippen LogP contribution in [0.15, 0.2) is 103 Å².